The Kier molecular flexibility index (Phi) is 18.3. The fourth-order valence-electron chi connectivity index (χ4n) is 0. The van der Waals surface area contributed by atoms with Gasteiger partial charge in [-0.05, 0) is 0 Å². The van der Waals surface area contributed by atoms with Crippen LogP contribution in [0.1, 0.15) is 13.8 Å². The van der Waals surface area contributed by atoms with Crippen molar-refractivity contribution in [3.63, 3.8) is 0 Å². The summed E-state index contributed by atoms with van der Waals surface area (Å²) in [6.45, 7) is 2.17. The van der Waals surface area contributed by atoms with Gasteiger partial charge in [-0.1, -0.05) is 0 Å². The van der Waals surface area contributed by atoms with Crippen LogP contribution in [0.15, 0.2) is 0 Å². The Balaban J connectivity index is -0.0000000720. The van der Waals surface area contributed by atoms with Crippen LogP contribution < -0.4 is 0 Å². The number of carbonyl (C=O) groups is 2. The van der Waals surface area contributed by atoms with Crippen LogP contribution in [0, 0.1) is 0 Å². The van der Waals surface area contributed by atoms with Gasteiger partial charge in [0.25, 0.3) is 11.9 Å². The number of aliphatic carboxylic acids is 2. The molecule has 0 aliphatic carbocycles. The summed E-state index contributed by atoms with van der Waals surface area (Å²) in [6.07, 6.45) is 0. The minimum absolute atomic E-state index is 0. The molecule has 0 radical (unpaired) electrons. The molecule has 0 bridgehead atoms. The normalized spacial score (nSPS) is 5.56. The van der Waals surface area contributed by atoms with Crippen molar-refractivity contribution in [2.24, 2.45) is 0 Å². The van der Waals surface area contributed by atoms with Gasteiger partial charge in [0, 0.05) is 13.8 Å². The van der Waals surface area contributed by atoms with Gasteiger partial charge in [0.1, 0.15) is 0 Å². The van der Waals surface area contributed by atoms with E-state index in [1.807, 2.05) is 0 Å². The van der Waals surface area contributed by atoms with Gasteiger partial charge < -0.3 is 10.2 Å². The van der Waals surface area contributed by atoms with E-state index in [1.165, 1.54) is 0 Å². The van der Waals surface area contributed by atoms with Crippen LogP contribution in [0.3, 0.4) is 0 Å². The third-order valence-electron chi connectivity index (χ3n) is 0. The van der Waals surface area contributed by atoms with Gasteiger partial charge >= 0.3 is 17.1 Å². The van der Waals surface area contributed by atoms with E-state index in [4.69, 9.17) is 19.8 Å². The fourth-order valence-corrected chi connectivity index (χ4v) is 0. The summed E-state index contributed by atoms with van der Waals surface area (Å²) in [7, 11) is 0. The summed E-state index contributed by atoms with van der Waals surface area (Å²) in [4.78, 5) is 18.0. The molecule has 0 atom stereocenters. The third-order valence-corrected chi connectivity index (χ3v) is 0. The van der Waals surface area contributed by atoms with Crippen LogP contribution in [0.2, 0.25) is 0 Å². The van der Waals surface area contributed by atoms with Gasteiger partial charge in [-0.2, -0.15) is 0 Å². The van der Waals surface area contributed by atoms with Crippen LogP contribution in [-0.2, 0) is 9.59 Å². The van der Waals surface area contributed by atoms with Crippen molar-refractivity contribution in [2.75, 3.05) is 0 Å². The first-order valence-corrected chi connectivity index (χ1v) is 1.86. The van der Waals surface area contributed by atoms with Gasteiger partial charge in [0.05, 0.1) is 0 Å². The first kappa shape index (κ1) is 15.8. The summed E-state index contributed by atoms with van der Waals surface area (Å²) >= 11 is 0. The monoisotopic (exact) mass is 202 g/mol. The number of carboxylic acids is 2. The molecule has 0 aromatic rings. The van der Waals surface area contributed by atoms with Crippen molar-refractivity contribution >= 4 is 29.0 Å². The van der Waals surface area contributed by atoms with E-state index in [2.05, 4.69) is 0 Å². The van der Waals surface area contributed by atoms with Gasteiger partial charge in [0.2, 0.25) is 0 Å². The van der Waals surface area contributed by atoms with E-state index in [0.717, 1.165) is 13.8 Å². The van der Waals surface area contributed by atoms with E-state index in [1.54, 1.807) is 0 Å². The Morgan fingerprint density at radius 1 is 1.00 bits per heavy atom. The fraction of sp³-hybridized carbons (Fsp3) is 0.500. The maximum atomic E-state index is 9.00. The molecule has 9 heavy (non-hydrogen) atoms. The number of rotatable bonds is 0. The Morgan fingerprint density at radius 3 is 1.00 bits per heavy atom. The van der Waals surface area contributed by atoms with Crippen molar-refractivity contribution in [1.29, 1.82) is 0 Å². The molecule has 0 aromatic heterocycles. The molecule has 0 aliphatic heterocycles. The predicted molar refractivity (Wildman–Crippen MR) is 35.2 cm³/mol. The predicted octanol–water partition coefficient (Wildman–Crippen LogP) is -0.734. The van der Waals surface area contributed by atoms with Crippen molar-refractivity contribution < 1.29 is 19.8 Å². The van der Waals surface area contributed by atoms with Crippen molar-refractivity contribution in [2.45, 2.75) is 13.8 Å². The standard InChI is InChI=1S/2C2H4O2.H2Se/c2*1-2(3)4;/h2*1H3,(H,3,4);1H2. The Morgan fingerprint density at radius 2 is 1.00 bits per heavy atom. The summed E-state index contributed by atoms with van der Waals surface area (Å²) in [6, 6.07) is 0. The molecule has 5 heteroatoms. The van der Waals surface area contributed by atoms with Gasteiger partial charge in [-0.3, -0.25) is 9.59 Å². The van der Waals surface area contributed by atoms with Crippen LogP contribution in [0.25, 0.3) is 0 Å². The SMILES string of the molecule is CC(=O)O.CC(=O)O.[SeH2]. The first-order valence-electron chi connectivity index (χ1n) is 1.86. The topological polar surface area (TPSA) is 74.6 Å². The molecule has 0 fully saturated rings. The van der Waals surface area contributed by atoms with E-state index in [-0.39, 0.29) is 17.1 Å². The summed E-state index contributed by atoms with van der Waals surface area (Å²) < 4.78 is 0. The van der Waals surface area contributed by atoms with Crippen LogP contribution >= 0.6 is 0 Å². The molecule has 0 unspecified atom stereocenters. The number of hydrogen-bond acceptors (Lipinski definition) is 2. The molecular weight excluding hydrogens is 191 g/mol. The minimum atomic E-state index is -0.833. The quantitative estimate of drug-likeness (QED) is 0.506. The zero-order chi connectivity index (χ0) is 7.15. The molecule has 0 saturated carbocycles. The number of hydrogen-bond donors (Lipinski definition) is 2. The summed E-state index contributed by atoms with van der Waals surface area (Å²) in [5.74, 6) is -1.67. The molecular formula is C4H10O4Se. The second kappa shape index (κ2) is 10.4. The molecule has 0 amide bonds. The molecule has 4 nitrogen and oxygen atoms in total. The zero-order valence-electron chi connectivity index (χ0n) is 5.21. The van der Waals surface area contributed by atoms with E-state index < -0.39 is 11.9 Å². The molecule has 56 valence electrons. The maximum absolute atomic E-state index is 9.00. The molecule has 0 spiro atoms. The molecule has 0 saturated heterocycles. The second-order valence-electron chi connectivity index (χ2n) is 1.04. The molecule has 0 rings (SSSR count). The Bertz CT molecular complexity index is 70.6. The molecule has 0 aromatic carbocycles. The van der Waals surface area contributed by atoms with Gasteiger partial charge in [-0.25, -0.2) is 0 Å². The molecule has 0 aliphatic rings. The van der Waals surface area contributed by atoms with Crippen LogP contribution in [0.5, 0.6) is 0 Å². The second-order valence-corrected chi connectivity index (χ2v) is 1.04. The van der Waals surface area contributed by atoms with Gasteiger partial charge in [0.15, 0.2) is 0 Å². The van der Waals surface area contributed by atoms with E-state index >= 15 is 0 Å². The van der Waals surface area contributed by atoms with Gasteiger partial charge in [-0.15, -0.1) is 0 Å². The zero-order valence-corrected chi connectivity index (χ0v) is 7.31. The molecule has 2 N–H and O–H groups in total. The Hall–Kier alpha value is -0.541. The summed E-state index contributed by atoms with van der Waals surface area (Å²) in [5.41, 5.74) is 0. The van der Waals surface area contributed by atoms with Crippen molar-refractivity contribution in [1.82, 2.24) is 0 Å². The summed E-state index contributed by atoms with van der Waals surface area (Å²) in [5, 5.41) is 14.8. The number of carboxylic acid groups (broad SMARTS) is 2. The molecule has 0 heterocycles. The van der Waals surface area contributed by atoms with Crippen molar-refractivity contribution in [3.8, 4) is 0 Å². The average molecular weight is 201 g/mol. The van der Waals surface area contributed by atoms with Crippen LogP contribution in [-0.4, -0.2) is 39.2 Å². The third kappa shape index (κ3) is 761. The van der Waals surface area contributed by atoms with Crippen LogP contribution in [0.4, 0.5) is 0 Å². The van der Waals surface area contributed by atoms with E-state index in [0.29, 0.717) is 0 Å². The van der Waals surface area contributed by atoms with Crippen molar-refractivity contribution in [3.05, 3.63) is 0 Å². The Labute approximate surface area is 63.3 Å². The first-order chi connectivity index (χ1) is 3.46. The average Bonchev–Trinajstić information content (AvgIpc) is 1.25. The van der Waals surface area contributed by atoms with E-state index in [9.17, 15) is 0 Å².